The zero-order valence-corrected chi connectivity index (χ0v) is 13.4. The van der Waals surface area contributed by atoms with Gasteiger partial charge in [0.25, 0.3) is 0 Å². The SMILES string of the molecule is O=C(Cc1cccc(F)c1)NCc1ccc(N2CCOCC2)nc1. The highest BCUT2D eigenvalue weighted by molar-refractivity contribution is 5.78. The molecule has 2 aromatic rings. The maximum Gasteiger partial charge on any atom is 0.224 e. The fourth-order valence-corrected chi connectivity index (χ4v) is 2.60. The normalized spacial score (nSPS) is 14.5. The zero-order chi connectivity index (χ0) is 16.8. The molecule has 3 rings (SSSR count). The molecule has 1 amide bonds. The molecule has 1 aromatic carbocycles. The predicted octanol–water partition coefficient (Wildman–Crippen LogP) is 1.92. The number of hydrogen-bond acceptors (Lipinski definition) is 4. The van der Waals surface area contributed by atoms with E-state index >= 15 is 0 Å². The molecular weight excluding hydrogens is 309 g/mol. The highest BCUT2D eigenvalue weighted by Gasteiger charge is 2.12. The maximum absolute atomic E-state index is 13.1. The lowest BCUT2D eigenvalue weighted by molar-refractivity contribution is -0.120. The summed E-state index contributed by atoms with van der Waals surface area (Å²) in [6.45, 7) is 3.54. The largest absolute Gasteiger partial charge is 0.378 e. The summed E-state index contributed by atoms with van der Waals surface area (Å²) in [6, 6.07) is 9.99. The van der Waals surface area contributed by atoms with Crippen LogP contribution in [-0.4, -0.2) is 37.2 Å². The Morgan fingerprint density at radius 2 is 2.04 bits per heavy atom. The second-order valence-corrected chi connectivity index (χ2v) is 5.71. The molecule has 0 aliphatic carbocycles. The minimum Gasteiger partial charge on any atom is -0.378 e. The lowest BCUT2D eigenvalue weighted by Gasteiger charge is -2.27. The van der Waals surface area contributed by atoms with Gasteiger partial charge in [0, 0.05) is 25.8 Å². The third kappa shape index (κ3) is 4.52. The summed E-state index contributed by atoms with van der Waals surface area (Å²) in [7, 11) is 0. The van der Waals surface area contributed by atoms with Gasteiger partial charge in [-0.1, -0.05) is 18.2 Å². The Balaban J connectivity index is 1.50. The molecule has 1 aliphatic heterocycles. The number of ether oxygens (including phenoxy) is 1. The van der Waals surface area contributed by atoms with Crippen molar-refractivity contribution in [3.63, 3.8) is 0 Å². The molecule has 0 bridgehead atoms. The first-order valence-corrected chi connectivity index (χ1v) is 7.99. The quantitative estimate of drug-likeness (QED) is 0.910. The fourth-order valence-electron chi connectivity index (χ4n) is 2.60. The Kier molecular flexibility index (Phi) is 5.38. The molecule has 1 aromatic heterocycles. The van der Waals surface area contributed by atoms with Gasteiger partial charge in [0.1, 0.15) is 11.6 Å². The average molecular weight is 329 g/mol. The van der Waals surface area contributed by atoms with Crippen molar-refractivity contribution >= 4 is 11.7 Å². The Morgan fingerprint density at radius 3 is 2.75 bits per heavy atom. The van der Waals surface area contributed by atoms with Crippen LogP contribution >= 0.6 is 0 Å². The Labute approximate surface area is 140 Å². The van der Waals surface area contributed by atoms with Crippen LogP contribution in [0, 0.1) is 5.82 Å². The molecule has 126 valence electrons. The van der Waals surface area contributed by atoms with Gasteiger partial charge in [-0.3, -0.25) is 4.79 Å². The van der Waals surface area contributed by atoms with E-state index < -0.39 is 0 Å². The third-order valence-corrected chi connectivity index (χ3v) is 3.89. The van der Waals surface area contributed by atoms with Crippen LogP contribution in [0.2, 0.25) is 0 Å². The molecule has 0 saturated carbocycles. The number of nitrogens with one attached hydrogen (secondary N) is 1. The Hall–Kier alpha value is -2.47. The van der Waals surface area contributed by atoms with E-state index in [1.165, 1.54) is 12.1 Å². The number of pyridine rings is 1. The van der Waals surface area contributed by atoms with Gasteiger partial charge in [0.2, 0.25) is 5.91 Å². The first-order valence-electron chi connectivity index (χ1n) is 7.99. The monoisotopic (exact) mass is 329 g/mol. The molecule has 5 nitrogen and oxygen atoms in total. The van der Waals surface area contributed by atoms with Crippen molar-refractivity contribution in [2.75, 3.05) is 31.2 Å². The van der Waals surface area contributed by atoms with Gasteiger partial charge in [0.15, 0.2) is 0 Å². The van der Waals surface area contributed by atoms with Gasteiger partial charge in [-0.25, -0.2) is 9.37 Å². The second-order valence-electron chi connectivity index (χ2n) is 5.71. The molecule has 0 spiro atoms. The van der Waals surface area contributed by atoms with Crippen molar-refractivity contribution in [3.8, 4) is 0 Å². The molecular formula is C18H20FN3O2. The summed E-state index contributed by atoms with van der Waals surface area (Å²) in [5, 5.41) is 2.83. The molecule has 1 N–H and O–H groups in total. The van der Waals surface area contributed by atoms with Crippen LogP contribution in [0.25, 0.3) is 0 Å². The molecule has 1 fully saturated rings. The van der Waals surface area contributed by atoms with Gasteiger partial charge in [-0.15, -0.1) is 0 Å². The molecule has 6 heteroatoms. The van der Waals surface area contributed by atoms with E-state index in [0.717, 1.165) is 37.7 Å². The summed E-state index contributed by atoms with van der Waals surface area (Å²) in [6.07, 6.45) is 1.93. The van der Waals surface area contributed by atoms with Crippen molar-refractivity contribution in [1.29, 1.82) is 0 Å². The minimum atomic E-state index is -0.330. The predicted molar refractivity (Wildman–Crippen MR) is 89.2 cm³/mol. The molecule has 24 heavy (non-hydrogen) atoms. The summed E-state index contributed by atoms with van der Waals surface area (Å²) < 4.78 is 18.4. The van der Waals surface area contributed by atoms with Crippen LogP contribution in [0.4, 0.5) is 10.2 Å². The fraction of sp³-hybridized carbons (Fsp3) is 0.333. The summed E-state index contributed by atoms with van der Waals surface area (Å²) >= 11 is 0. The lowest BCUT2D eigenvalue weighted by atomic mass is 10.1. The average Bonchev–Trinajstić information content (AvgIpc) is 2.61. The standard InChI is InChI=1S/C18H20FN3O2/c19-16-3-1-2-14(10-16)11-18(23)21-13-15-4-5-17(20-12-15)22-6-8-24-9-7-22/h1-5,10,12H,6-9,11,13H2,(H,21,23). The van der Waals surface area contributed by atoms with E-state index in [1.54, 1.807) is 18.3 Å². The van der Waals surface area contributed by atoms with Gasteiger partial charge >= 0.3 is 0 Å². The number of halogens is 1. The summed E-state index contributed by atoms with van der Waals surface area (Å²) in [4.78, 5) is 18.6. The van der Waals surface area contributed by atoms with E-state index in [9.17, 15) is 9.18 Å². The second kappa shape index (κ2) is 7.88. The van der Waals surface area contributed by atoms with Gasteiger partial charge in [-0.05, 0) is 29.3 Å². The van der Waals surface area contributed by atoms with E-state index in [-0.39, 0.29) is 18.1 Å². The van der Waals surface area contributed by atoms with Crippen molar-refractivity contribution in [2.45, 2.75) is 13.0 Å². The molecule has 0 atom stereocenters. The first kappa shape index (κ1) is 16.4. The number of morpholine rings is 1. The first-order chi connectivity index (χ1) is 11.7. The number of benzene rings is 1. The van der Waals surface area contributed by atoms with Crippen molar-refractivity contribution < 1.29 is 13.9 Å². The number of carbonyl (C=O) groups is 1. The number of hydrogen-bond donors (Lipinski definition) is 1. The van der Waals surface area contributed by atoms with Crippen LogP contribution < -0.4 is 10.2 Å². The van der Waals surface area contributed by atoms with Crippen molar-refractivity contribution in [2.24, 2.45) is 0 Å². The van der Waals surface area contributed by atoms with E-state index in [4.69, 9.17) is 4.74 Å². The number of carbonyl (C=O) groups excluding carboxylic acids is 1. The van der Waals surface area contributed by atoms with E-state index in [0.29, 0.717) is 12.1 Å². The smallest absolute Gasteiger partial charge is 0.224 e. The van der Waals surface area contributed by atoms with Gasteiger partial charge in [-0.2, -0.15) is 0 Å². The number of anilines is 1. The molecule has 0 unspecified atom stereocenters. The van der Waals surface area contributed by atoms with Crippen molar-refractivity contribution in [1.82, 2.24) is 10.3 Å². The molecule has 1 saturated heterocycles. The highest BCUT2D eigenvalue weighted by atomic mass is 19.1. The van der Waals surface area contributed by atoms with Crippen LogP contribution in [-0.2, 0) is 22.5 Å². The number of rotatable bonds is 5. The maximum atomic E-state index is 13.1. The number of nitrogens with zero attached hydrogens (tertiary/aromatic N) is 2. The van der Waals surface area contributed by atoms with E-state index in [2.05, 4.69) is 15.2 Å². The molecule has 1 aliphatic rings. The summed E-state index contributed by atoms with van der Waals surface area (Å²) in [5.74, 6) is 0.453. The summed E-state index contributed by atoms with van der Waals surface area (Å²) in [5.41, 5.74) is 1.59. The third-order valence-electron chi connectivity index (χ3n) is 3.89. The van der Waals surface area contributed by atoms with Crippen LogP contribution in [0.1, 0.15) is 11.1 Å². The molecule has 0 radical (unpaired) electrons. The van der Waals surface area contributed by atoms with Crippen molar-refractivity contribution in [3.05, 3.63) is 59.5 Å². The van der Waals surface area contributed by atoms with Crippen LogP contribution in [0.3, 0.4) is 0 Å². The highest BCUT2D eigenvalue weighted by Crippen LogP contribution is 2.13. The molecule has 2 heterocycles. The minimum absolute atomic E-state index is 0.141. The zero-order valence-electron chi connectivity index (χ0n) is 13.4. The Bertz CT molecular complexity index is 685. The lowest BCUT2D eigenvalue weighted by Crippen LogP contribution is -2.36. The van der Waals surface area contributed by atoms with Gasteiger partial charge < -0.3 is 15.0 Å². The van der Waals surface area contributed by atoms with Gasteiger partial charge in [0.05, 0.1) is 19.6 Å². The Morgan fingerprint density at radius 1 is 1.21 bits per heavy atom. The van der Waals surface area contributed by atoms with E-state index in [1.807, 2.05) is 12.1 Å². The van der Waals surface area contributed by atoms with Crippen LogP contribution in [0.5, 0.6) is 0 Å². The number of aromatic nitrogens is 1. The number of amides is 1. The van der Waals surface area contributed by atoms with Crippen LogP contribution in [0.15, 0.2) is 42.6 Å². The topological polar surface area (TPSA) is 54.5 Å².